The molecule has 0 bridgehead atoms. The van der Waals surface area contributed by atoms with Crippen LogP contribution in [0.25, 0.3) is 0 Å². The molecule has 1 aliphatic carbocycles. The van der Waals surface area contributed by atoms with Gasteiger partial charge >= 0.3 is 12.0 Å². The minimum absolute atomic E-state index is 0.318. The largest absolute Gasteiger partial charge is 0.479 e. The predicted molar refractivity (Wildman–Crippen MR) is 80.3 cm³/mol. The number of urea groups is 1. The molecule has 2 rings (SSSR count). The average molecular weight is 311 g/mol. The van der Waals surface area contributed by atoms with Gasteiger partial charge in [-0.25, -0.2) is 9.59 Å². The molecular weight excluding hydrogens is 292 g/mol. The molecule has 0 aromatic heterocycles. The zero-order valence-electron chi connectivity index (χ0n) is 11.6. The van der Waals surface area contributed by atoms with E-state index in [1.807, 2.05) is 0 Å². The lowest BCUT2D eigenvalue weighted by Gasteiger charge is -2.16. The van der Waals surface area contributed by atoms with Gasteiger partial charge in [-0.15, -0.1) is 0 Å². The number of aliphatic carboxylic acids is 1. The molecule has 0 aliphatic heterocycles. The van der Waals surface area contributed by atoms with Crippen molar-refractivity contribution in [1.29, 1.82) is 0 Å². The average Bonchev–Trinajstić information content (AvgIpc) is 3.26. The van der Waals surface area contributed by atoms with E-state index in [0.29, 0.717) is 17.1 Å². The number of nitrogens with one attached hydrogen (secondary N) is 2. The fourth-order valence-electron chi connectivity index (χ4n) is 2.16. The smallest absolute Gasteiger partial charge is 0.331 e. The molecule has 0 heterocycles. The number of rotatable bonds is 7. The number of carbonyl (C=O) groups is 2. The van der Waals surface area contributed by atoms with Gasteiger partial charge in [-0.05, 0) is 24.8 Å². The summed E-state index contributed by atoms with van der Waals surface area (Å²) in [5, 5.41) is 14.7. The third-order valence-corrected chi connectivity index (χ3v) is 3.85. The maximum atomic E-state index is 11.8. The second-order valence-electron chi connectivity index (χ2n) is 5.28. The van der Waals surface area contributed by atoms with Gasteiger partial charge in [0.15, 0.2) is 6.04 Å². The highest BCUT2D eigenvalue weighted by molar-refractivity contribution is 6.31. The van der Waals surface area contributed by atoms with Crippen LogP contribution in [0, 0.1) is 5.92 Å². The second-order valence-corrected chi connectivity index (χ2v) is 5.69. The fraction of sp³-hybridized carbons (Fsp3) is 0.467. The van der Waals surface area contributed by atoms with E-state index in [1.54, 1.807) is 24.3 Å². The van der Waals surface area contributed by atoms with Crippen molar-refractivity contribution >= 4 is 23.6 Å². The normalized spacial score (nSPS) is 15.3. The van der Waals surface area contributed by atoms with Gasteiger partial charge < -0.3 is 15.7 Å². The molecule has 5 nitrogen and oxygen atoms in total. The van der Waals surface area contributed by atoms with Crippen molar-refractivity contribution in [1.82, 2.24) is 10.6 Å². The molecule has 1 aromatic rings. The first-order valence-electron chi connectivity index (χ1n) is 7.09. The highest BCUT2D eigenvalue weighted by Crippen LogP contribution is 2.33. The zero-order valence-corrected chi connectivity index (χ0v) is 12.4. The Balaban J connectivity index is 1.85. The standard InChI is InChI=1S/C15H19ClN2O3/c16-12-6-2-1-5-11(12)13(14(19)20)18-15(21)17-9-3-4-10-7-8-10/h1-2,5-6,10,13H,3-4,7-9H2,(H,19,20)(H2,17,18,21)/t13-/m1/s1. The molecule has 114 valence electrons. The van der Waals surface area contributed by atoms with E-state index in [0.717, 1.165) is 18.8 Å². The van der Waals surface area contributed by atoms with E-state index in [1.165, 1.54) is 12.8 Å². The topological polar surface area (TPSA) is 78.4 Å². The molecule has 6 heteroatoms. The number of carboxylic acids is 1. The van der Waals surface area contributed by atoms with Crippen molar-refractivity contribution in [2.75, 3.05) is 6.54 Å². The Morgan fingerprint density at radius 1 is 1.33 bits per heavy atom. The molecule has 1 saturated carbocycles. The predicted octanol–water partition coefficient (Wildman–Crippen LogP) is 2.96. The number of halogens is 1. The van der Waals surface area contributed by atoms with Crippen LogP contribution >= 0.6 is 11.6 Å². The van der Waals surface area contributed by atoms with Gasteiger partial charge in [0.25, 0.3) is 0 Å². The van der Waals surface area contributed by atoms with Crippen LogP contribution in [0.1, 0.15) is 37.3 Å². The second kappa shape index (κ2) is 7.31. The van der Waals surface area contributed by atoms with Crippen LogP contribution in [0.3, 0.4) is 0 Å². The van der Waals surface area contributed by atoms with Crippen molar-refractivity contribution in [2.45, 2.75) is 31.7 Å². The van der Waals surface area contributed by atoms with Crippen LogP contribution in [-0.4, -0.2) is 23.7 Å². The number of hydrogen-bond donors (Lipinski definition) is 3. The molecule has 0 spiro atoms. The van der Waals surface area contributed by atoms with Gasteiger partial charge in [-0.1, -0.05) is 42.6 Å². The fourth-order valence-corrected chi connectivity index (χ4v) is 2.41. The number of carboxylic acid groups (broad SMARTS) is 1. The first-order valence-corrected chi connectivity index (χ1v) is 7.47. The zero-order chi connectivity index (χ0) is 15.2. The van der Waals surface area contributed by atoms with E-state index < -0.39 is 18.0 Å². The van der Waals surface area contributed by atoms with Crippen LogP contribution in [-0.2, 0) is 4.79 Å². The Morgan fingerprint density at radius 2 is 2.05 bits per heavy atom. The van der Waals surface area contributed by atoms with Crippen molar-refractivity contribution in [3.8, 4) is 0 Å². The van der Waals surface area contributed by atoms with Gasteiger partial charge in [0.05, 0.1) is 0 Å². The number of hydrogen-bond acceptors (Lipinski definition) is 2. The molecular formula is C15H19ClN2O3. The van der Waals surface area contributed by atoms with E-state index in [2.05, 4.69) is 10.6 Å². The van der Waals surface area contributed by atoms with Gasteiger partial charge in [0, 0.05) is 17.1 Å². The van der Waals surface area contributed by atoms with Gasteiger partial charge in [-0.2, -0.15) is 0 Å². The van der Waals surface area contributed by atoms with Crippen LogP contribution in [0.15, 0.2) is 24.3 Å². The quantitative estimate of drug-likeness (QED) is 0.677. The first-order chi connectivity index (χ1) is 10.1. The molecule has 0 radical (unpaired) electrons. The van der Waals surface area contributed by atoms with Crippen molar-refractivity contribution in [2.24, 2.45) is 5.92 Å². The lowest BCUT2D eigenvalue weighted by molar-refractivity contribution is -0.139. The van der Waals surface area contributed by atoms with Gasteiger partial charge in [0.2, 0.25) is 0 Å². The Bertz CT molecular complexity index is 517. The molecule has 2 amide bonds. The summed E-state index contributed by atoms with van der Waals surface area (Å²) in [7, 11) is 0. The summed E-state index contributed by atoms with van der Waals surface area (Å²) in [6.45, 7) is 0.553. The molecule has 0 saturated heterocycles. The van der Waals surface area contributed by atoms with Crippen LogP contribution < -0.4 is 10.6 Å². The highest BCUT2D eigenvalue weighted by atomic mass is 35.5. The summed E-state index contributed by atoms with van der Waals surface area (Å²) < 4.78 is 0. The molecule has 1 aromatic carbocycles. The van der Waals surface area contributed by atoms with Crippen LogP contribution in [0.4, 0.5) is 4.79 Å². The van der Waals surface area contributed by atoms with E-state index >= 15 is 0 Å². The van der Waals surface area contributed by atoms with E-state index in [-0.39, 0.29) is 0 Å². The molecule has 0 unspecified atom stereocenters. The minimum Gasteiger partial charge on any atom is -0.479 e. The summed E-state index contributed by atoms with van der Waals surface area (Å²) >= 11 is 5.98. The molecule has 1 atom stereocenters. The summed E-state index contributed by atoms with van der Waals surface area (Å²) in [4.78, 5) is 23.1. The highest BCUT2D eigenvalue weighted by Gasteiger charge is 2.24. The van der Waals surface area contributed by atoms with Gasteiger partial charge in [0.1, 0.15) is 0 Å². The third-order valence-electron chi connectivity index (χ3n) is 3.51. The maximum Gasteiger partial charge on any atom is 0.331 e. The lowest BCUT2D eigenvalue weighted by Crippen LogP contribution is -2.41. The molecule has 21 heavy (non-hydrogen) atoms. The van der Waals surface area contributed by atoms with Crippen molar-refractivity contribution < 1.29 is 14.7 Å². The first kappa shape index (κ1) is 15.6. The van der Waals surface area contributed by atoms with E-state index in [4.69, 9.17) is 11.6 Å². The van der Waals surface area contributed by atoms with Crippen LogP contribution in [0.2, 0.25) is 5.02 Å². The molecule has 3 N–H and O–H groups in total. The SMILES string of the molecule is O=C(NCCCC1CC1)N[C@@H](C(=O)O)c1ccccc1Cl. The summed E-state index contributed by atoms with van der Waals surface area (Å²) in [5.74, 6) is -0.319. The Labute approximate surface area is 128 Å². The summed E-state index contributed by atoms with van der Waals surface area (Å²) in [6.07, 6.45) is 4.62. The molecule has 1 fully saturated rings. The molecule has 1 aliphatic rings. The van der Waals surface area contributed by atoms with Gasteiger partial charge in [-0.3, -0.25) is 0 Å². The number of carbonyl (C=O) groups excluding carboxylic acids is 1. The van der Waals surface area contributed by atoms with E-state index in [9.17, 15) is 14.7 Å². The monoisotopic (exact) mass is 310 g/mol. The Morgan fingerprint density at radius 3 is 2.67 bits per heavy atom. The number of benzene rings is 1. The lowest BCUT2D eigenvalue weighted by atomic mass is 10.1. The third kappa shape index (κ3) is 4.93. The maximum absolute atomic E-state index is 11.8. The minimum atomic E-state index is -1.15. The van der Waals surface area contributed by atoms with Crippen molar-refractivity contribution in [3.63, 3.8) is 0 Å². The Kier molecular flexibility index (Phi) is 5.44. The summed E-state index contributed by atoms with van der Waals surface area (Å²) in [5.41, 5.74) is 0.375. The summed E-state index contributed by atoms with van der Waals surface area (Å²) in [6, 6.07) is 4.95. The number of amides is 2. The Hall–Kier alpha value is -1.75. The van der Waals surface area contributed by atoms with Crippen LogP contribution in [0.5, 0.6) is 0 Å². The van der Waals surface area contributed by atoms with Crippen molar-refractivity contribution in [3.05, 3.63) is 34.9 Å².